The molecule has 19 heavy (non-hydrogen) atoms. The van der Waals surface area contributed by atoms with Crippen LogP contribution in [0.2, 0.25) is 0 Å². The lowest BCUT2D eigenvalue weighted by Gasteiger charge is -2.02. The van der Waals surface area contributed by atoms with E-state index in [1.165, 1.54) is 0 Å². The van der Waals surface area contributed by atoms with Gasteiger partial charge in [0.1, 0.15) is 5.76 Å². The summed E-state index contributed by atoms with van der Waals surface area (Å²) in [5, 5.41) is 4.43. The normalized spacial score (nSPS) is 10.9. The molecule has 0 aromatic carbocycles. The van der Waals surface area contributed by atoms with Crippen molar-refractivity contribution in [2.45, 2.75) is 39.8 Å². The lowest BCUT2D eigenvalue weighted by atomic mass is 10.1. The maximum Gasteiger partial charge on any atom is 0.203 e. The highest BCUT2D eigenvalue weighted by atomic mass is 16.3. The number of aryl methyl sites for hydroxylation is 2. The Morgan fingerprint density at radius 2 is 2.21 bits per heavy atom. The largest absolute Gasteiger partial charge is 0.457 e. The van der Waals surface area contributed by atoms with E-state index in [0.29, 0.717) is 24.5 Å². The van der Waals surface area contributed by atoms with Gasteiger partial charge in [0.15, 0.2) is 5.76 Å². The van der Waals surface area contributed by atoms with Crippen LogP contribution in [0.3, 0.4) is 0 Å². The molecule has 0 aliphatic carbocycles. The van der Waals surface area contributed by atoms with Crippen LogP contribution in [0, 0.1) is 0 Å². The molecule has 5 nitrogen and oxygen atoms in total. The average molecular weight is 261 g/mol. The van der Waals surface area contributed by atoms with Crippen LogP contribution in [0.15, 0.2) is 22.6 Å². The molecule has 0 unspecified atom stereocenters. The highest BCUT2D eigenvalue weighted by Gasteiger charge is 2.15. The zero-order valence-electron chi connectivity index (χ0n) is 11.3. The van der Waals surface area contributed by atoms with Gasteiger partial charge in [-0.05, 0) is 31.5 Å². The van der Waals surface area contributed by atoms with Gasteiger partial charge in [-0.3, -0.25) is 9.48 Å². The van der Waals surface area contributed by atoms with Gasteiger partial charge in [0.25, 0.3) is 0 Å². The van der Waals surface area contributed by atoms with Crippen LogP contribution < -0.4 is 5.73 Å². The van der Waals surface area contributed by atoms with Crippen LogP contribution in [0.25, 0.3) is 0 Å². The van der Waals surface area contributed by atoms with E-state index in [9.17, 15) is 4.79 Å². The molecule has 0 radical (unpaired) electrons. The first-order valence-electron chi connectivity index (χ1n) is 6.55. The van der Waals surface area contributed by atoms with Crippen molar-refractivity contribution in [1.29, 1.82) is 0 Å². The minimum atomic E-state index is -0.0445. The Morgan fingerprint density at radius 1 is 1.42 bits per heavy atom. The van der Waals surface area contributed by atoms with Gasteiger partial charge >= 0.3 is 0 Å². The van der Waals surface area contributed by atoms with Gasteiger partial charge < -0.3 is 10.2 Å². The molecular weight excluding hydrogens is 242 g/mol. The van der Waals surface area contributed by atoms with E-state index < -0.39 is 0 Å². The summed E-state index contributed by atoms with van der Waals surface area (Å²) in [5.41, 5.74) is 7.40. The van der Waals surface area contributed by atoms with E-state index in [0.717, 1.165) is 24.4 Å². The van der Waals surface area contributed by atoms with Gasteiger partial charge in [-0.2, -0.15) is 5.10 Å². The monoisotopic (exact) mass is 261 g/mol. The molecule has 0 amide bonds. The predicted molar refractivity (Wildman–Crippen MR) is 71.9 cm³/mol. The summed E-state index contributed by atoms with van der Waals surface area (Å²) in [6.07, 6.45) is 1.17. The molecule has 102 valence electrons. The van der Waals surface area contributed by atoms with Crippen molar-refractivity contribution < 1.29 is 9.21 Å². The minimum absolute atomic E-state index is 0.0445. The number of hydrogen-bond acceptors (Lipinski definition) is 4. The van der Waals surface area contributed by atoms with E-state index in [2.05, 4.69) is 5.10 Å². The molecule has 2 N–H and O–H groups in total. The van der Waals surface area contributed by atoms with Crippen molar-refractivity contribution >= 4 is 5.78 Å². The Morgan fingerprint density at radius 3 is 2.79 bits per heavy atom. The molecule has 0 saturated heterocycles. The van der Waals surface area contributed by atoms with Crippen molar-refractivity contribution in [3.05, 3.63) is 41.1 Å². The van der Waals surface area contributed by atoms with E-state index in [1.54, 1.807) is 12.1 Å². The number of carbonyl (C=O) groups excluding carboxylic acids is 1. The second kappa shape index (κ2) is 5.84. The molecule has 2 aromatic heterocycles. The third-order valence-corrected chi connectivity index (χ3v) is 3.06. The van der Waals surface area contributed by atoms with Crippen LogP contribution in [0.1, 0.15) is 41.6 Å². The molecule has 0 bridgehead atoms. The number of hydrogen-bond donors (Lipinski definition) is 1. The van der Waals surface area contributed by atoms with Crippen LogP contribution in [-0.4, -0.2) is 15.6 Å². The molecule has 2 aromatic rings. The third kappa shape index (κ3) is 2.93. The predicted octanol–water partition coefficient (Wildman–Crippen LogP) is 1.94. The number of nitrogens with two attached hydrogens (primary N) is 1. The van der Waals surface area contributed by atoms with Gasteiger partial charge in [-0.25, -0.2) is 0 Å². The van der Waals surface area contributed by atoms with Crippen molar-refractivity contribution in [1.82, 2.24) is 9.78 Å². The van der Waals surface area contributed by atoms with E-state index >= 15 is 0 Å². The van der Waals surface area contributed by atoms with Crippen molar-refractivity contribution in [3.63, 3.8) is 0 Å². The second-order valence-electron chi connectivity index (χ2n) is 4.37. The number of nitrogens with zero attached hydrogens (tertiary/aromatic N) is 2. The summed E-state index contributed by atoms with van der Waals surface area (Å²) < 4.78 is 7.23. The van der Waals surface area contributed by atoms with Crippen LogP contribution in [-0.2, 0) is 25.9 Å². The maximum atomic E-state index is 12.1. The summed E-state index contributed by atoms with van der Waals surface area (Å²) in [5.74, 6) is 0.945. The van der Waals surface area contributed by atoms with Crippen LogP contribution in [0.4, 0.5) is 0 Å². The van der Waals surface area contributed by atoms with Crippen LogP contribution >= 0.6 is 0 Å². The Kier molecular flexibility index (Phi) is 4.16. The van der Waals surface area contributed by atoms with Gasteiger partial charge in [0.05, 0.1) is 18.7 Å². The highest BCUT2D eigenvalue weighted by Crippen LogP contribution is 2.13. The summed E-state index contributed by atoms with van der Waals surface area (Å²) in [6, 6.07) is 5.40. The number of ketones is 1. The van der Waals surface area contributed by atoms with E-state index in [4.69, 9.17) is 10.2 Å². The Balaban J connectivity index is 2.16. The smallest absolute Gasteiger partial charge is 0.203 e. The topological polar surface area (TPSA) is 74.1 Å². The minimum Gasteiger partial charge on any atom is -0.457 e. The quantitative estimate of drug-likeness (QED) is 0.806. The van der Waals surface area contributed by atoms with Gasteiger partial charge in [0.2, 0.25) is 5.78 Å². The Labute approximate surface area is 112 Å². The molecule has 2 heterocycles. The third-order valence-electron chi connectivity index (χ3n) is 3.06. The summed E-state index contributed by atoms with van der Waals surface area (Å²) >= 11 is 0. The molecule has 2 rings (SSSR count). The van der Waals surface area contributed by atoms with E-state index in [1.807, 2.05) is 24.6 Å². The van der Waals surface area contributed by atoms with Crippen molar-refractivity contribution in [3.8, 4) is 0 Å². The summed E-state index contributed by atoms with van der Waals surface area (Å²) in [6.45, 7) is 5.13. The summed E-state index contributed by atoms with van der Waals surface area (Å²) in [4.78, 5) is 12.1. The van der Waals surface area contributed by atoms with Crippen molar-refractivity contribution in [2.24, 2.45) is 5.73 Å². The average Bonchev–Trinajstić information content (AvgIpc) is 3.04. The molecule has 0 aliphatic rings. The molecule has 0 atom stereocenters. The van der Waals surface area contributed by atoms with Crippen LogP contribution in [0.5, 0.6) is 0 Å². The van der Waals surface area contributed by atoms with Gasteiger partial charge in [0, 0.05) is 12.2 Å². The first kappa shape index (κ1) is 13.5. The molecule has 0 spiro atoms. The number of furan rings is 1. The fourth-order valence-electron chi connectivity index (χ4n) is 1.99. The van der Waals surface area contributed by atoms with Crippen molar-refractivity contribution in [2.75, 3.05) is 0 Å². The Hall–Kier alpha value is -1.88. The standard InChI is InChI=1S/C14H19N3O2/c1-3-10-7-11(17(4-2)16-10)8-13(18)14-6-5-12(9-15)19-14/h5-7H,3-4,8-9,15H2,1-2H3. The van der Waals surface area contributed by atoms with Gasteiger partial charge in [-0.15, -0.1) is 0 Å². The fraction of sp³-hybridized carbons (Fsp3) is 0.429. The zero-order valence-corrected chi connectivity index (χ0v) is 11.3. The SMILES string of the molecule is CCc1cc(CC(=O)c2ccc(CN)o2)n(CC)n1. The molecule has 0 aliphatic heterocycles. The van der Waals surface area contributed by atoms with E-state index in [-0.39, 0.29) is 5.78 Å². The first-order valence-corrected chi connectivity index (χ1v) is 6.55. The molecule has 0 fully saturated rings. The fourth-order valence-corrected chi connectivity index (χ4v) is 1.99. The summed E-state index contributed by atoms with van der Waals surface area (Å²) in [7, 11) is 0. The molecular formula is C14H19N3O2. The number of aromatic nitrogens is 2. The van der Waals surface area contributed by atoms with Gasteiger partial charge in [-0.1, -0.05) is 6.92 Å². The lowest BCUT2D eigenvalue weighted by Crippen LogP contribution is -2.09. The zero-order chi connectivity index (χ0) is 13.8. The highest BCUT2D eigenvalue weighted by molar-refractivity contribution is 5.94. The second-order valence-corrected chi connectivity index (χ2v) is 4.37. The lowest BCUT2D eigenvalue weighted by molar-refractivity contribution is 0.0962. The number of rotatable bonds is 6. The number of Topliss-reactive ketones (excluding diaryl/α,β-unsaturated/α-hetero) is 1. The molecule has 5 heteroatoms. The molecule has 0 saturated carbocycles. The Bertz CT molecular complexity index is 569. The maximum absolute atomic E-state index is 12.1. The number of carbonyl (C=O) groups is 1. The first-order chi connectivity index (χ1) is 9.17.